The minimum atomic E-state index is 0.556. The molecule has 29 heavy (non-hydrogen) atoms. The van der Waals surface area contributed by atoms with Crippen LogP contribution in [0.25, 0.3) is 27.7 Å². The van der Waals surface area contributed by atoms with Gasteiger partial charge in [-0.15, -0.1) is 5.10 Å². The maximum atomic E-state index is 5.78. The van der Waals surface area contributed by atoms with Gasteiger partial charge in [-0.05, 0) is 38.0 Å². The number of aromatic amines is 1. The lowest BCUT2D eigenvalue weighted by Crippen LogP contribution is -2.52. The summed E-state index contributed by atoms with van der Waals surface area (Å²) in [5.41, 5.74) is 3.86. The molecular formula is C21H23N7O. The molecule has 2 fully saturated rings. The first-order chi connectivity index (χ1) is 14.3. The second-order valence-corrected chi connectivity index (χ2v) is 7.80. The Morgan fingerprint density at radius 3 is 2.79 bits per heavy atom. The number of anilines is 1. The SMILES string of the molecule is CCOc1cc(-c2ccc(N3C4CCC3CNC4)nc2)c2c3cn[nH]c3nn2c1. The van der Waals surface area contributed by atoms with Crippen molar-refractivity contribution >= 4 is 22.4 Å². The molecule has 0 aliphatic carbocycles. The Balaban J connectivity index is 1.45. The van der Waals surface area contributed by atoms with Crippen LogP contribution >= 0.6 is 0 Å². The van der Waals surface area contributed by atoms with Crippen LogP contribution in [-0.2, 0) is 0 Å². The van der Waals surface area contributed by atoms with Crippen molar-refractivity contribution in [3.05, 3.63) is 36.8 Å². The molecule has 6 rings (SSSR count). The Bertz CT molecular complexity index is 1160. The highest BCUT2D eigenvalue weighted by Gasteiger charge is 2.37. The molecule has 8 nitrogen and oxygen atoms in total. The second kappa shape index (κ2) is 6.45. The maximum absolute atomic E-state index is 5.78. The monoisotopic (exact) mass is 389 g/mol. The third-order valence-electron chi connectivity index (χ3n) is 6.12. The lowest BCUT2D eigenvalue weighted by atomic mass is 10.1. The molecule has 2 unspecified atom stereocenters. The molecule has 0 saturated carbocycles. The van der Waals surface area contributed by atoms with E-state index in [0.717, 1.165) is 52.3 Å². The minimum absolute atomic E-state index is 0.556. The van der Waals surface area contributed by atoms with Gasteiger partial charge in [-0.2, -0.15) is 5.10 Å². The molecule has 4 aromatic rings. The van der Waals surface area contributed by atoms with E-state index >= 15 is 0 Å². The molecule has 2 aliphatic heterocycles. The van der Waals surface area contributed by atoms with Crippen LogP contribution in [0.4, 0.5) is 5.82 Å². The molecular weight excluding hydrogens is 366 g/mol. The van der Waals surface area contributed by atoms with Gasteiger partial charge in [0, 0.05) is 42.5 Å². The van der Waals surface area contributed by atoms with Crippen molar-refractivity contribution in [2.75, 3.05) is 24.6 Å². The van der Waals surface area contributed by atoms with Crippen molar-refractivity contribution in [3.8, 4) is 16.9 Å². The van der Waals surface area contributed by atoms with Gasteiger partial charge in [-0.3, -0.25) is 5.10 Å². The summed E-state index contributed by atoms with van der Waals surface area (Å²) in [4.78, 5) is 7.36. The summed E-state index contributed by atoms with van der Waals surface area (Å²) in [7, 11) is 0. The fourth-order valence-electron chi connectivity index (χ4n) is 4.86. The molecule has 0 spiro atoms. The first-order valence-corrected chi connectivity index (χ1v) is 10.3. The van der Waals surface area contributed by atoms with Crippen molar-refractivity contribution in [2.24, 2.45) is 0 Å². The fourth-order valence-corrected chi connectivity index (χ4v) is 4.86. The first kappa shape index (κ1) is 16.8. The molecule has 0 radical (unpaired) electrons. The molecule has 4 aromatic heterocycles. The van der Waals surface area contributed by atoms with Crippen LogP contribution in [0, 0.1) is 0 Å². The summed E-state index contributed by atoms with van der Waals surface area (Å²) in [6.45, 7) is 4.68. The Hall–Kier alpha value is -3.13. The number of aromatic nitrogens is 5. The quantitative estimate of drug-likeness (QED) is 0.558. The smallest absolute Gasteiger partial charge is 0.178 e. The Labute approximate surface area is 167 Å². The fraction of sp³-hybridized carbons (Fsp3) is 0.381. The molecule has 6 heterocycles. The van der Waals surface area contributed by atoms with Gasteiger partial charge < -0.3 is 15.0 Å². The number of nitrogens with zero attached hydrogens (tertiary/aromatic N) is 5. The standard InChI is InChI=1S/C21H23N7O/c1-2-29-16-7-17(20-18-11-24-25-21(18)26-27(20)12-16)13-3-6-19(23-8-13)28-14-4-5-15(28)10-22-9-14/h3,6-8,11-12,14-15,22H,2,4-5,9-10H2,1H3,(H,25,26). The molecule has 148 valence electrons. The third-order valence-corrected chi connectivity index (χ3v) is 6.12. The van der Waals surface area contributed by atoms with E-state index in [2.05, 4.69) is 43.7 Å². The summed E-state index contributed by atoms with van der Waals surface area (Å²) < 4.78 is 7.65. The molecule has 2 N–H and O–H groups in total. The topological polar surface area (TPSA) is 83.4 Å². The van der Waals surface area contributed by atoms with E-state index in [4.69, 9.17) is 9.72 Å². The molecule has 0 amide bonds. The van der Waals surface area contributed by atoms with Gasteiger partial charge in [-0.25, -0.2) is 9.50 Å². The predicted octanol–water partition coefficient (Wildman–Crippen LogP) is 2.61. The average Bonchev–Trinajstić information content (AvgIpc) is 3.39. The third kappa shape index (κ3) is 2.59. The van der Waals surface area contributed by atoms with Crippen molar-refractivity contribution in [1.82, 2.24) is 30.1 Å². The molecule has 2 bridgehead atoms. The van der Waals surface area contributed by atoms with E-state index in [0.29, 0.717) is 18.7 Å². The van der Waals surface area contributed by atoms with E-state index < -0.39 is 0 Å². The Morgan fingerprint density at radius 1 is 1.17 bits per heavy atom. The van der Waals surface area contributed by atoms with Gasteiger partial charge in [0.15, 0.2) is 5.65 Å². The van der Waals surface area contributed by atoms with Crippen LogP contribution in [0.5, 0.6) is 5.75 Å². The zero-order valence-electron chi connectivity index (χ0n) is 16.3. The largest absolute Gasteiger partial charge is 0.492 e. The number of piperazine rings is 1. The van der Waals surface area contributed by atoms with Gasteiger partial charge in [0.25, 0.3) is 0 Å². The molecule has 2 saturated heterocycles. The van der Waals surface area contributed by atoms with E-state index in [1.165, 1.54) is 12.8 Å². The molecule has 2 atom stereocenters. The van der Waals surface area contributed by atoms with Crippen molar-refractivity contribution in [3.63, 3.8) is 0 Å². The zero-order valence-corrected chi connectivity index (χ0v) is 16.3. The normalized spacial score (nSPS) is 21.3. The van der Waals surface area contributed by atoms with Crippen LogP contribution in [0.15, 0.2) is 36.8 Å². The zero-order chi connectivity index (χ0) is 19.4. The van der Waals surface area contributed by atoms with Crippen molar-refractivity contribution in [2.45, 2.75) is 31.8 Å². The number of hydrogen-bond donors (Lipinski definition) is 2. The molecule has 0 aromatic carbocycles. The van der Waals surface area contributed by atoms with E-state index in [1.54, 1.807) is 0 Å². The Kier molecular flexibility index (Phi) is 3.73. The average molecular weight is 389 g/mol. The number of H-pyrrole nitrogens is 1. The van der Waals surface area contributed by atoms with E-state index in [9.17, 15) is 0 Å². The summed E-state index contributed by atoms with van der Waals surface area (Å²) in [6, 6.07) is 7.49. The lowest BCUT2D eigenvalue weighted by molar-refractivity contribution is 0.338. The Morgan fingerprint density at radius 2 is 2.03 bits per heavy atom. The summed E-state index contributed by atoms with van der Waals surface area (Å²) in [5, 5.41) is 16.2. The minimum Gasteiger partial charge on any atom is -0.492 e. The van der Waals surface area contributed by atoms with E-state index in [-0.39, 0.29) is 0 Å². The van der Waals surface area contributed by atoms with Crippen molar-refractivity contribution < 1.29 is 4.74 Å². The lowest BCUT2D eigenvalue weighted by Gasteiger charge is -2.36. The first-order valence-electron chi connectivity index (χ1n) is 10.3. The maximum Gasteiger partial charge on any atom is 0.178 e. The van der Waals surface area contributed by atoms with Gasteiger partial charge in [0.05, 0.1) is 29.9 Å². The highest BCUT2D eigenvalue weighted by Crippen LogP contribution is 2.35. The summed E-state index contributed by atoms with van der Waals surface area (Å²) in [6.07, 6.45) is 8.19. The van der Waals surface area contributed by atoms with Gasteiger partial charge in [-0.1, -0.05) is 0 Å². The number of ether oxygens (including phenoxy) is 1. The van der Waals surface area contributed by atoms with Crippen LogP contribution in [0.1, 0.15) is 19.8 Å². The number of hydrogen-bond acceptors (Lipinski definition) is 6. The number of rotatable bonds is 4. The van der Waals surface area contributed by atoms with Crippen LogP contribution in [-0.4, -0.2) is 56.6 Å². The van der Waals surface area contributed by atoms with E-state index in [1.807, 2.05) is 30.0 Å². The molecule has 8 heteroatoms. The summed E-state index contributed by atoms with van der Waals surface area (Å²) >= 11 is 0. The highest BCUT2D eigenvalue weighted by molar-refractivity contribution is 6.00. The second-order valence-electron chi connectivity index (χ2n) is 7.80. The number of pyridine rings is 2. The van der Waals surface area contributed by atoms with Gasteiger partial charge in [0.2, 0.25) is 0 Å². The highest BCUT2D eigenvalue weighted by atomic mass is 16.5. The van der Waals surface area contributed by atoms with Gasteiger partial charge in [0.1, 0.15) is 11.6 Å². The van der Waals surface area contributed by atoms with Crippen LogP contribution < -0.4 is 15.0 Å². The predicted molar refractivity (Wildman–Crippen MR) is 111 cm³/mol. The number of fused-ring (bicyclic) bond motifs is 5. The van der Waals surface area contributed by atoms with Crippen molar-refractivity contribution in [1.29, 1.82) is 0 Å². The summed E-state index contributed by atoms with van der Waals surface area (Å²) in [5.74, 6) is 1.86. The molecule has 2 aliphatic rings. The van der Waals surface area contributed by atoms with Crippen LogP contribution in [0.3, 0.4) is 0 Å². The van der Waals surface area contributed by atoms with Crippen LogP contribution in [0.2, 0.25) is 0 Å². The van der Waals surface area contributed by atoms with Gasteiger partial charge >= 0.3 is 0 Å². The number of nitrogens with one attached hydrogen (secondary N) is 2.